The molecular formula is C18H26FN3O. The fraction of sp³-hybridized carbons (Fsp3) is 0.722. The lowest BCUT2D eigenvalue weighted by Gasteiger charge is -2.58. The van der Waals surface area contributed by atoms with Crippen molar-refractivity contribution in [2.75, 3.05) is 50.8 Å². The second-order valence-corrected chi connectivity index (χ2v) is 8.18. The maximum atomic E-state index is 14.2. The maximum Gasteiger partial charge on any atom is 0.164 e. The van der Waals surface area contributed by atoms with E-state index in [2.05, 4.69) is 28.6 Å². The molecule has 23 heavy (non-hydrogen) atoms. The summed E-state index contributed by atoms with van der Waals surface area (Å²) in [5.74, 6) is 0.429. The van der Waals surface area contributed by atoms with E-state index in [0.717, 1.165) is 45.9 Å². The molecule has 1 aromatic rings. The SMILES string of the molecule is CC1(C)C[C@]2(CN3CCOCC3)CN(c3ccncc3F)C[C@H]12. The Bertz CT molecular complexity index is 587. The van der Waals surface area contributed by atoms with Gasteiger partial charge in [0.25, 0.3) is 0 Å². The molecule has 0 unspecified atom stereocenters. The van der Waals surface area contributed by atoms with Crippen LogP contribution < -0.4 is 4.90 Å². The van der Waals surface area contributed by atoms with E-state index < -0.39 is 0 Å². The molecule has 3 fully saturated rings. The first-order chi connectivity index (χ1) is 11.0. The highest BCUT2D eigenvalue weighted by molar-refractivity contribution is 5.49. The van der Waals surface area contributed by atoms with Crippen molar-refractivity contribution in [2.45, 2.75) is 20.3 Å². The van der Waals surface area contributed by atoms with Crippen molar-refractivity contribution in [3.63, 3.8) is 0 Å². The van der Waals surface area contributed by atoms with Gasteiger partial charge in [0, 0.05) is 44.3 Å². The summed E-state index contributed by atoms with van der Waals surface area (Å²) in [5, 5.41) is 0. The average molecular weight is 319 g/mol. The fourth-order valence-electron chi connectivity index (χ4n) is 5.35. The second kappa shape index (κ2) is 5.42. The zero-order valence-electron chi connectivity index (χ0n) is 14.1. The molecule has 3 aliphatic rings. The van der Waals surface area contributed by atoms with Gasteiger partial charge in [-0.1, -0.05) is 13.8 Å². The van der Waals surface area contributed by atoms with Crippen LogP contribution in [-0.4, -0.2) is 55.8 Å². The number of fused-ring (bicyclic) bond motifs is 1. The Morgan fingerprint density at radius 1 is 1.35 bits per heavy atom. The summed E-state index contributed by atoms with van der Waals surface area (Å²) in [6.45, 7) is 11.5. The molecule has 126 valence electrons. The summed E-state index contributed by atoms with van der Waals surface area (Å²) in [7, 11) is 0. The van der Waals surface area contributed by atoms with E-state index in [1.807, 2.05) is 6.07 Å². The van der Waals surface area contributed by atoms with Crippen LogP contribution in [0.15, 0.2) is 18.5 Å². The van der Waals surface area contributed by atoms with Crippen LogP contribution >= 0.6 is 0 Å². The van der Waals surface area contributed by atoms with Gasteiger partial charge in [0.2, 0.25) is 0 Å². The van der Waals surface area contributed by atoms with Gasteiger partial charge in [-0.2, -0.15) is 0 Å². The number of anilines is 1. The van der Waals surface area contributed by atoms with Gasteiger partial charge in [-0.3, -0.25) is 9.88 Å². The van der Waals surface area contributed by atoms with Gasteiger partial charge >= 0.3 is 0 Å². The summed E-state index contributed by atoms with van der Waals surface area (Å²) in [5.41, 5.74) is 1.37. The predicted octanol–water partition coefficient (Wildman–Crippen LogP) is 2.41. The summed E-state index contributed by atoms with van der Waals surface area (Å²) < 4.78 is 19.6. The number of rotatable bonds is 3. The molecule has 0 radical (unpaired) electrons. The first kappa shape index (κ1) is 15.3. The lowest BCUT2D eigenvalue weighted by Crippen LogP contribution is -2.59. The largest absolute Gasteiger partial charge is 0.379 e. The molecule has 4 rings (SSSR count). The van der Waals surface area contributed by atoms with Gasteiger partial charge in [0.05, 0.1) is 25.1 Å². The van der Waals surface area contributed by atoms with Gasteiger partial charge < -0.3 is 9.64 Å². The van der Waals surface area contributed by atoms with Crippen molar-refractivity contribution in [3.8, 4) is 0 Å². The molecule has 3 heterocycles. The molecule has 0 N–H and O–H groups in total. The van der Waals surface area contributed by atoms with Crippen molar-refractivity contribution >= 4 is 5.69 Å². The Kier molecular flexibility index (Phi) is 3.61. The summed E-state index contributed by atoms with van der Waals surface area (Å²) >= 11 is 0. The van der Waals surface area contributed by atoms with Crippen molar-refractivity contribution in [1.82, 2.24) is 9.88 Å². The zero-order valence-corrected chi connectivity index (χ0v) is 14.1. The number of aromatic nitrogens is 1. The highest BCUT2D eigenvalue weighted by Gasteiger charge is 2.63. The highest BCUT2D eigenvalue weighted by Crippen LogP contribution is 2.63. The van der Waals surface area contributed by atoms with E-state index in [1.54, 1.807) is 6.20 Å². The van der Waals surface area contributed by atoms with Gasteiger partial charge in [0.15, 0.2) is 5.82 Å². The van der Waals surface area contributed by atoms with Crippen LogP contribution in [0.2, 0.25) is 0 Å². The summed E-state index contributed by atoms with van der Waals surface area (Å²) in [6, 6.07) is 1.82. The molecule has 5 heteroatoms. The Morgan fingerprint density at radius 2 is 2.13 bits per heavy atom. The number of hydrogen-bond acceptors (Lipinski definition) is 4. The summed E-state index contributed by atoms with van der Waals surface area (Å²) in [4.78, 5) is 8.67. The molecule has 1 aliphatic carbocycles. The van der Waals surface area contributed by atoms with Crippen LogP contribution in [0.4, 0.5) is 10.1 Å². The van der Waals surface area contributed by atoms with Gasteiger partial charge in [-0.25, -0.2) is 4.39 Å². The van der Waals surface area contributed by atoms with Gasteiger partial charge in [0.1, 0.15) is 0 Å². The Morgan fingerprint density at radius 3 is 2.83 bits per heavy atom. The molecule has 2 saturated heterocycles. The van der Waals surface area contributed by atoms with Crippen molar-refractivity contribution in [3.05, 3.63) is 24.3 Å². The van der Waals surface area contributed by atoms with E-state index in [-0.39, 0.29) is 5.82 Å². The second-order valence-electron chi connectivity index (χ2n) is 8.18. The van der Waals surface area contributed by atoms with E-state index in [1.165, 1.54) is 12.6 Å². The number of nitrogens with zero attached hydrogens (tertiary/aromatic N) is 3. The minimum atomic E-state index is -0.201. The topological polar surface area (TPSA) is 28.6 Å². The van der Waals surface area contributed by atoms with Crippen molar-refractivity contribution in [2.24, 2.45) is 16.7 Å². The Labute approximate surface area is 137 Å². The molecule has 0 bridgehead atoms. The monoisotopic (exact) mass is 319 g/mol. The minimum absolute atomic E-state index is 0.201. The lowest BCUT2D eigenvalue weighted by atomic mass is 9.48. The number of halogens is 1. The lowest BCUT2D eigenvalue weighted by molar-refractivity contribution is -0.0963. The van der Waals surface area contributed by atoms with Crippen molar-refractivity contribution < 1.29 is 9.13 Å². The van der Waals surface area contributed by atoms with E-state index in [4.69, 9.17) is 4.74 Å². The third-order valence-electron chi connectivity index (χ3n) is 6.13. The Hall–Kier alpha value is -1.20. The number of hydrogen-bond donors (Lipinski definition) is 0. The van der Waals surface area contributed by atoms with Crippen LogP contribution in [-0.2, 0) is 4.74 Å². The quantitative estimate of drug-likeness (QED) is 0.855. The number of morpholine rings is 1. The minimum Gasteiger partial charge on any atom is -0.379 e. The maximum absolute atomic E-state index is 14.2. The highest BCUT2D eigenvalue weighted by atomic mass is 19.1. The molecule has 0 aromatic carbocycles. The normalized spacial score (nSPS) is 33.3. The van der Waals surface area contributed by atoms with Crippen LogP contribution in [0.3, 0.4) is 0 Å². The van der Waals surface area contributed by atoms with Crippen molar-refractivity contribution in [1.29, 1.82) is 0 Å². The predicted molar refractivity (Wildman–Crippen MR) is 88.0 cm³/mol. The van der Waals surface area contributed by atoms with E-state index in [9.17, 15) is 4.39 Å². The van der Waals surface area contributed by atoms with Crippen LogP contribution in [0, 0.1) is 22.6 Å². The molecule has 4 nitrogen and oxygen atoms in total. The van der Waals surface area contributed by atoms with Gasteiger partial charge in [-0.15, -0.1) is 0 Å². The number of ether oxygens (including phenoxy) is 1. The smallest absolute Gasteiger partial charge is 0.164 e. The third kappa shape index (κ3) is 2.54. The zero-order chi connectivity index (χ0) is 16.1. The first-order valence-electron chi connectivity index (χ1n) is 8.65. The van der Waals surface area contributed by atoms with E-state index in [0.29, 0.717) is 22.4 Å². The molecule has 2 aliphatic heterocycles. The molecule has 0 amide bonds. The van der Waals surface area contributed by atoms with Crippen LogP contribution in [0.25, 0.3) is 0 Å². The van der Waals surface area contributed by atoms with Crippen LogP contribution in [0.5, 0.6) is 0 Å². The fourth-order valence-corrected chi connectivity index (χ4v) is 5.35. The molecule has 1 saturated carbocycles. The van der Waals surface area contributed by atoms with E-state index >= 15 is 0 Å². The molecule has 1 aromatic heterocycles. The van der Waals surface area contributed by atoms with Crippen LogP contribution in [0.1, 0.15) is 20.3 Å². The molecule has 2 atom stereocenters. The molecule has 0 spiro atoms. The first-order valence-corrected chi connectivity index (χ1v) is 8.65. The summed E-state index contributed by atoms with van der Waals surface area (Å²) in [6.07, 6.45) is 4.25. The Balaban J connectivity index is 1.56. The van der Waals surface area contributed by atoms with Gasteiger partial charge in [-0.05, 0) is 23.8 Å². The molecular weight excluding hydrogens is 293 g/mol. The third-order valence-corrected chi connectivity index (χ3v) is 6.13. The number of pyridine rings is 1. The average Bonchev–Trinajstić information content (AvgIpc) is 2.83. The standard InChI is InChI=1S/C18H26FN3O/c1-17(2)11-18(12-21-5-7-23-8-6-21)13-22(10-16(17)18)15-3-4-20-9-14(15)19/h3-4,9,16H,5-8,10-13H2,1-2H3/t16-,18+/m1/s1.